The molecule has 1 aliphatic heterocycles. The summed E-state index contributed by atoms with van der Waals surface area (Å²) < 4.78 is 1.72. The van der Waals surface area contributed by atoms with E-state index in [9.17, 15) is 14.7 Å². The van der Waals surface area contributed by atoms with Crippen molar-refractivity contribution in [2.75, 3.05) is 0 Å². The lowest BCUT2D eigenvalue weighted by Crippen LogP contribution is -2.12. The summed E-state index contributed by atoms with van der Waals surface area (Å²) in [4.78, 5) is 23.1. The Labute approximate surface area is 114 Å². The number of carbonyl (C=O) groups is 1. The van der Waals surface area contributed by atoms with Crippen LogP contribution in [-0.4, -0.2) is 16.0 Å². The summed E-state index contributed by atoms with van der Waals surface area (Å²) in [6, 6.07) is 14.1. The van der Waals surface area contributed by atoms with E-state index in [1.165, 1.54) is 12.3 Å². The molecule has 0 bridgehead atoms. The standard InChI is InChI=1S/C16H11NO3/c18-10-11-9-17(12-5-2-1-3-6-12)13-7-4-8-14(19)15(13)16(11)20/h1-10,20H. The molecular formula is C16H11NO3. The van der Waals surface area contributed by atoms with Crippen molar-refractivity contribution >= 4 is 6.29 Å². The smallest absolute Gasteiger partial charge is 0.191 e. The molecule has 1 aromatic rings. The van der Waals surface area contributed by atoms with Crippen LogP contribution < -0.4 is 5.43 Å². The number of aromatic hydroxyl groups is 1. The molecule has 0 spiro atoms. The van der Waals surface area contributed by atoms with Crippen LogP contribution in [0.15, 0.2) is 59.5 Å². The third kappa shape index (κ3) is 1.78. The molecule has 4 nitrogen and oxygen atoms in total. The fourth-order valence-electron chi connectivity index (χ4n) is 2.26. The van der Waals surface area contributed by atoms with Gasteiger partial charge in [-0.2, -0.15) is 0 Å². The van der Waals surface area contributed by atoms with Crippen molar-refractivity contribution in [1.29, 1.82) is 0 Å². The first-order valence-corrected chi connectivity index (χ1v) is 6.10. The van der Waals surface area contributed by atoms with Gasteiger partial charge < -0.3 is 9.67 Å². The van der Waals surface area contributed by atoms with Crippen molar-refractivity contribution < 1.29 is 9.90 Å². The summed E-state index contributed by atoms with van der Waals surface area (Å²) in [6.07, 6.45) is 2.07. The molecule has 0 amide bonds. The SMILES string of the molecule is O=Cc1cn(-c2ccccc2)c2cccc(=O)c-2c1O. The van der Waals surface area contributed by atoms with Gasteiger partial charge in [0.25, 0.3) is 0 Å². The van der Waals surface area contributed by atoms with Gasteiger partial charge in [0.05, 0.1) is 16.8 Å². The van der Waals surface area contributed by atoms with E-state index >= 15 is 0 Å². The lowest BCUT2D eigenvalue weighted by molar-refractivity contribution is 0.112. The predicted molar refractivity (Wildman–Crippen MR) is 75.7 cm³/mol. The maximum Gasteiger partial charge on any atom is 0.191 e. The normalized spacial score (nSPS) is 10.6. The Bertz CT molecular complexity index is 806. The van der Waals surface area contributed by atoms with Gasteiger partial charge in [0.1, 0.15) is 5.75 Å². The molecule has 0 aromatic heterocycles. The van der Waals surface area contributed by atoms with Gasteiger partial charge in [-0.3, -0.25) is 9.59 Å². The quantitative estimate of drug-likeness (QED) is 0.724. The number of para-hydroxylation sites is 1. The fraction of sp³-hybridized carbons (Fsp3) is 0. The minimum atomic E-state index is -0.312. The number of aldehydes is 1. The highest BCUT2D eigenvalue weighted by atomic mass is 16.3. The van der Waals surface area contributed by atoms with E-state index in [1.54, 1.807) is 16.7 Å². The van der Waals surface area contributed by atoms with Crippen LogP contribution in [0, 0.1) is 0 Å². The van der Waals surface area contributed by atoms with Crippen molar-refractivity contribution in [3.63, 3.8) is 0 Å². The molecule has 1 heterocycles. The van der Waals surface area contributed by atoms with E-state index in [0.717, 1.165) is 5.69 Å². The number of hydrogen-bond donors (Lipinski definition) is 1. The second kappa shape index (κ2) is 4.66. The second-order valence-corrected chi connectivity index (χ2v) is 4.41. The van der Waals surface area contributed by atoms with Crippen molar-refractivity contribution in [3.05, 3.63) is 70.5 Å². The monoisotopic (exact) mass is 265 g/mol. The van der Waals surface area contributed by atoms with Crippen LogP contribution in [0.4, 0.5) is 0 Å². The lowest BCUT2D eigenvalue weighted by Gasteiger charge is -2.17. The molecule has 0 fully saturated rings. The molecule has 0 saturated heterocycles. The van der Waals surface area contributed by atoms with E-state index in [1.807, 2.05) is 30.3 Å². The van der Waals surface area contributed by atoms with Crippen molar-refractivity contribution in [2.24, 2.45) is 0 Å². The molecule has 98 valence electrons. The highest BCUT2D eigenvalue weighted by Crippen LogP contribution is 2.32. The van der Waals surface area contributed by atoms with Gasteiger partial charge in [0, 0.05) is 11.9 Å². The van der Waals surface area contributed by atoms with E-state index in [4.69, 9.17) is 0 Å². The molecule has 1 aliphatic carbocycles. The molecule has 20 heavy (non-hydrogen) atoms. The Balaban J connectivity index is 2.44. The van der Waals surface area contributed by atoms with Crippen LogP contribution >= 0.6 is 0 Å². The number of nitrogens with zero attached hydrogens (tertiary/aromatic N) is 1. The van der Waals surface area contributed by atoms with Gasteiger partial charge in [0.2, 0.25) is 0 Å². The molecule has 4 heteroatoms. The lowest BCUT2D eigenvalue weighted by atomic mass is 10.0. The van der Waals surface area contributed by atoms with Gasteiger partial charge in [-0.25, -0.2) is 0 Å². The predicted octanol–water partition coefficient (Wildman–Crippen LogP) is 2.46. The van der Waals surface area contributed by atoms with Crippen LogP contribution in [0.5, 0.6) is 5.75 Å². The third-order valence-electron chi connectivity index (χ3n) is 3.20. The van der Waals surface area contributed by atoms with Gasteiger partial charge in [-0.05, 0) is 24.3 Å². The zero-order valence-corrected chi connectivity index (χ0v) is 10.5. The Morgan fingerprint density at radius 3 is 2.45 bits per heavy atom. The van der Waals surface area contributed by atoms with Crippen molar-refractivity contribution in [1.82, 2.24) is 4.57 Å². The molecule has 0 unspecified atom stereocenters. The number of carbonyl (C=O) groups excluding carboxylic acids is 1. The van der Waals surface area contributed by atoms with Gasteiger partial charge in [-0.1, -0.05) is 24.3 Å². The van der Waals surface area contributed by atoms with Crippen molar-refractivity contribution in [3.8, 4) is 22.7 Å². The summed E-state index contributed by atoms with van der Waals surface area (Å²) in [6.45, 7) is 0. The average Bonchev–Trinajstić information content (AvgIpc) is 2.48. The molecule has 0 saturated carbocycles. The van der Waals surface area contributed by atoms with Crippen LogP contribution in [0.25, 0.3) is 16.9 Å². The molecule has 1 N–H and O–H groups in total. The van der Waals surface area contributed by atoms with E-state index in [0.29, 0.717) is 12.0 Å². The van der Waals surface area contributed by atoms with Crippen LogP contribution in [0.2, 0.25) is 0 Å². The Kier molecular flexibility index (Phi) is 2.84. The molecular weight excluding hydrogens is 254 g/mol. The molecule has 0 atom stereocenters. The van der Waals surface area contributed by atoms with Gasteiger partial charge in [0.15, 0.2) is 11.7 Å². The summed E-state index contributed by atoms with van der Waals surface area (Å²) in [5.74, 6) is -0.271. The fourth-order valence-corrected chi connectivity index (χ4v) is 2.26. The minimum Gasteiger partial charge on any atom is -0.506 e. The highest BCUT2D eigenvalue weighted by Gasteiger charge is 2.18. The molecule has 0 radical (unpaired) electrons. The number of rotatable bonds is 2. The Hall–Kier alpha value is -2.88. The third-order valence-corrected chi connectivity index (χ3v) is 3.20. The maximum atomic E-state index is 12.0. The van der Waals surface area contributed by atoms with E-state index in [2.05, 4.69) is 0 Å². The van der Waals surface area contributed by atoms with Crippen LogP contribution in [0.1, 0.15) is 10.4 Å². The highest BCUT2D eigenvalue weighted by molar-refractivity contribution is 5.86. The Morgan fingerprint density at radius 1 is 1.00 bits per heavy atom. The molecule has 2 aliphatic rings. The first kappa shape index (κ1) is 12.2. The zero-order valence-electron chi connectivity index (χ0n) is 10.5. The number of hydrogen-bond acceptors (Lipinski definition) is 3. The minimum absolute atomic E-state index is 0.0876. The average molecular weight is 265 g/mol. The summed E-state index contributed by atoms with van der Waals surface area (Å²) in [7, 11) is 0. The van der Waals surface area contributed by atoms with Crippen LogP contribution in [0.3, 0.4) is 0 Å². The summed E-state index contributed by atoms with van der Waals surface area (Å²) in [5.41, 5.74) is 1.30. The van der Waals surface area contributed by atoms with Gasteiger partial charge >= 0.3 is 0 Å². The van der Waals surface area contributed by atoms with E-state index < -0.39 is 0 Å². The largest absolute Gasteiger partial charge is 0.506 e. The molecule has 3 rings (SSSR count). The van der Waals surface area contributed by atoms with Gasteiger partial charge in [-0.15, -0.1) is 0 Å². The summed E-state index contributed by atoms with van der Waals surface area (Å²) >= 11 is 0. The Morgan fingerprint density at radius 2 is 1.75 bits per heavy atom. The molecule has 1 aromatic carbocycles. The first-order valence-electron chi connectivity index (χ1n) is 6.10. The summed E-state index contributed by atoms with van der Waals surface area (Å²) in [5, 5.41) is 10.1. The zero-order chi connectivity index (χ0) is 14.1. The number of aromatic nitrogens is 1. The van der Waals surface area contributed by atoms with Crippen molar-refractivity contribution in [2.45, 2.75) is 0 Å². The number of fused-ring (bicyclic) bond motifs is 1. The maximum absolute atomic E-state index is 12.0. The number of pyridine rings is 1. The first-order chi connectivity index (χ1) is 9.72. The van der Waals surface area contributed by atoms with Crippen LogP contribution in [-0.2, 0) is 0 Å². The van der Waals surface area contributed by atoms with E-state index in [-0.39, 0.29) is 22.3 Å². The topological polar surface area (TPSA) is 59.3 Å². The second-order valence-electron chi connectivity index (χ2n) is 4.41. The number of benzene rings is 2.